The minimum atomic E-state index is -3.96. The maximum absolute atomic E-state index is 10.5. The number of rotatable bonds is 3. The number of aromatic hydroxyl groups is 1. The SMILES string of the molecule is Cc1ccc(O)c(COS(N)(=O)=O)c1. The normalized spacial score (nSPS) is 11.6. The van der Waals surface area contributed by atoms with Crippen molar-refractivity contribution in [2.24, 2.45) is 5.14 Å². The molecule has 1 aromatic carbocycles. The Balaban J connectivity index is 2.81. The van der Waals surface area contributed by atoms with Crippen molar-refractivity contribution in [3.05, 3.63) is 29.3 Å². The standard InChI is InChI=1S/C8H11NO4S/c1-6-2-3-8(10)7(4-6)5-13-14(9,11)12/h2-4,10H,5H2,1H3,(H2,9,11,12). The van der Waals surface area contributed by atoms with Crippen molar-refractivity contribution in [3.63, 3.8) is 0 Å². The lowest BCUT2D eigenvalue weighted by Gasteiger charge is -2.04. The van der Waals surface area contributed by atoms with E-state index in [1.54, 1.807) is 12.1 Å². The second kappa shape index (κ2) is 3.95. The summed E-state index contributed by atoms with van der Waals surface area (Å²) in [5.41, 5.74) is 1.29. The van der Waals surface area contributed by atoms with Crippen LogP contribution in [0.4, 0.5) is 0 Å². The average Bonchev–Trinajstić information content (AvgIpc) is 2.05. The fourth-order valence-electron chi connectivity index (χ4n) is 0.976. The molecule has 14 heavy (non-hydrogen) atoms. The van der Waals surface area contributed by atoms with Crippen LogP contribution in [-0.4, -0.2) is 13.5 Å². The third-order valence-corrected chi connectivity index (χ3v) is 2.06. The Kier molecular flexibility index (Phi) is 3.10. The molecule has 78 valence electrons. The van der Waals surface area contributed by atoms with E-state index >= 15 is 0 Å². The largest absolute Gasteiger partial charge is 0.508 e. The lowest BCUT2D eigenvalue weighted by atomic mass is 10.1. The van der Waals surface area contributed by atoms with Crippen LogP contribution in [0.25, 0.3) is 0 Å². The minimum absolute atomic E-state index is 0.0146. The summed E-state index contributed by atoms with van der Waals surface area (Å²) in [6, 6.07) is 4.80. The molecule has 0 aliphatic rings. The lowest BCUT2D eigenvalue weighted by molar-refractivity contribution is 0.302. The van der Waals surface area contributed by atoms with Crippen molar-refractivity contribution in [2.45, 2.75) is 13.5 Å². The van der Waals surface area contributed by atoms with E-state index in [4.69, 9.17) is 0 Å². The summed E-state index contributed by atoms with van der Waals surface area (Å²) >= 11 is 0. The van der Waals surface area contributed by atoms with Crippen LogP contribution in [-0.2, 0) is 21.1 Å². The predicted octanol–water partition coefficient (Wildman–Crippen LogP) is 0.421. The van der Waals surface area contributed by atoms with E-state index in [1.807, 2.05) is 6.92 Å². The third-order valence-electron chi connectivity index (χ3n) is 1.61. The Morgan fingerprint density at radius 2 is 2.14 bits per heavy atom. The molecule has 6 heteroatoms. The molecule has 0 aliphatic heterocycles. The Morgan fingerprint density at radius 1 is 1.50 bits per heavy atom. The number of aryl methyl sites for hydroxylation is 1. The molecule has 0 fully saturated rings. The first-order chi connectivity index (χ1) is 6.38. The van der Waals surface area contributed by atoms with Crippen LogP contribution in [0.2, 0.25) is 0 Å². The molecule has 0 aliphatic carbocycles. The molecular formula is C8H11NO4S. The Morgan fingerprint density at radius 3 is 2.71 bits per heavy atom. The maximum Gasteiger partial charge on any atom is 0.333 e. The van der Waals surface area contributed by atoms with Crippen molar-refractivity contribution in [1.82, 2.24) is 0 Å². The molecule has 5 nitrogen and oxygen atoms in total. The number of benzene rings is 1. The van der Waals surface area contributed by atoms with Crippen LogP contribution >= 0.6 is 0 Å². The van der Waals surface area contributed by atoms with Gasteiger partial charge in [-0.15, -0.1) is 0 Å². The quantitative estimate of drug-likeness (QED) is 0.767. The van der Waals surface area contributed by atoms with Gasteiger partial charge in [0.1, 0.15) is 5.75 Å². The lowest BCUT2D eigenvalue weighted by Crippen LogP contribution is -2.15. The van der Waals surface area contributed by atoms with Gasteiger partial charge < -0.3 is 5.11 Å². The zero-order valence-corrected chi connectivity index (χ0v) is 8.41. The average molecular weight is 217 g/mol. The Hall–Kier alpha value is -1.11. The van der Waals surface area contributed by atoms with Gasteiger partial charge in [0.15, 0.2) is 0 Å². The molecule has 0 heterocycles. The van der Waals surface area contributed by atoms with Gasteiger partial charge in [-0.1, -0.05) is 17.7 Å². The zero-order valence-electron chi connectivity index (χ0n) is 7.60. The molecule has 0 bridgehead atoms. The number of nitrogens with two attached hydrogens (primary N) is 1. The molecule has 0 aromatic heterocycles. The Bertz CT molecular complexity index is 427. The molecule has 0 saturated heterocycles. The van der Waals surface area contributed by atoms with Crippen LogP contribution in [0.5, 0.6) is 5.75 Å². The third kappa shape index (κ3) is 3.33. The highest BCUT2D eigenvalue weighted by Gasteiger charge is 2.06. The number of hydrogen-bond acceptors (Lipinski definition) is 4. The van der Waals surface area contributed by atoms with Gasteiger partial charge in [0.25, 0.3) is 0 Å². The summed E-state index contributed by atoms with van der Waals surface area (Å²) in [5, 5.41) is 14.0. The van der Waals surface area contributed by atoms with Crippen LogP contribution < -0.4 is 5.14 Å². The topological polar surface area (TPSA) is 89.6 Å². The first-order valence-corrected chi connectivity index (χ1v) is 5.31. The second-order valence-electron chi connectivity index (χ2n) is 2.89. The van der Waals surface area contributed by atoms with Gasteiger partial charge in [0.05, 0.1) is 6.61 Å². The smallest absolute Gasteiger partial charge is 0.333 e. The second-order valence-corrected chi connectivity index (χ2v) is 4.11. The summed E-state index contributed by atoms with van der Waals surface area (Å²) < 4.78 is 25.3. The van der Waals surface area contributed by atoms with E-state index in [9.17, 15) is 13.5 Å². The molecule has 1 rings (SSSR count). The van der Waals surface area contributed by atoms with E-state index < -0.39 is 10.3 Å². The fraction of sp³-hybridized carbons (Fsp3) is 0.250. The van der Waals surface area contributed by atoms with E-state index in [1.165, 1.54) is 6.07 Å². The van der Waals surface area contributed by atoms with Gasteiger partial charge in [-0.2, -0.15) is 8.42 Å². The summed E-state index contributed by atoms with van der Waals surface area (Å²) in [6.45, 7) is 1.56. The molecule has 0 radical (unpaired) electrons. The highest BCUT2D eigenvalue weighted by molar-refractivity contribution is 7.84. The zero-order chi connectivity index (χ0) is 10.8. The fourth-order valence-corrected chi connectivity index (χ4v) is 1.27. The molecule has 1 aromatic rings. The number of phenolic OH excluding ortho intramolecular Hbond substituents is 1. The summed E-state index contributed by atoms with van der Waals surface area (Å²) in [4.78, 5) is 0. The van der Waals surface area contributed by atoms with E-state index in [0.717, 1.165) is 5.56 Å². The predicted molar refractivity (Wildman–Crippen MR) is 50.7 cm³/mol. The van der Waals surface area contributed by atoms with Gasteiger partial charge in [0, 0.05) is 5.56 Å². The molecule has 3 N–H and O–H groups in total. The van der Waals surface area contributed by atoms with Gasteiger partial charge in [-0.3, -0.25) is 4.18 Å². The van der Waals surface area contributed by atoms with Crippen molar-refractivity contribution >= 4 is 10.3 Å². The first-order valence-electron chi connectivity index (χ1n) is 3.84. The van der Waals surface area contributed by atoms with Crippen LogP contribution in [0, 0.1) is 6.92 Å². The van der Waals surface area contributed by atoms with E-state index in [0.29, 0.717) is 5.56 Å². The van der Waals surface area contributed by atoms with Crippen molar-refractivity contribution in [2.75, 3.05) is 0 Å². The monoisotopic (exact) mass is 217 g/mol. The van der Waals surface area contributed by atoms with Crippen molar-refractivity contribution in [3.8, 4) is 5.75 Å². The molecule has 0 unspecified atom stereocenters. The highest BCUT2D eigenvalue weighted by atomic mass is 32.2. The minimum Gasteiger partial charge on any atom is -0.508 e. The molecule has 0 spiro atoms. The molecule has 0 atom stereocenters. The van der Waals surface area contributed by atoms with Crippen molar-refractivity contribution in [1.29, 1.82) is 0 Å². The van der Waals surface area contributed by atoms with Gasteiger partial charge in [-0.05, 0) is 13.0 Å². The van der Waals surface area contributed by atoms with Gasteiger partial charge >= 0.3 is 10.3 Å². The highest BCUT2D eigenvalue weighted by Crippen LogP contribution is 2.19. The Labute approximate surface area is 82.4 Å². The molecule has 0 saturated carbocycles. The number of phenols is 1. The molecule has 0 amide bonds. The summed E-state index contributed by atoms with van der Waals surface area (Å²) in [5.74, 6) is -0.0146. The number of hydrogen-bond donors (Lipinski definition) is 2. The van der Waals surface area contributed by atoms with E-state index in [-0.39, 0.29) is 12.4 Å². The van der Waals surface area contributed by atoms with Crippen LogP contribution in [0.1, 0.15) is 11.1 Å². The first kappa shape index (κ1) is 11.0. The van der Waals surface area contributed by atoms with Crippen LogP contribution in [0.15, 0.2) is 18.2 Å². The van der Waals surface area contributed by atoms with Gasteiger partial charge in [-0.25, -0.2) is 5.14 Å². The maximum atomic E-state index is 10.5. The van der Waals surface area contributed by atoms with Crippen molar-refractivity contribution < 1.29 is 17.7 Å². The summed E-state index contributed by atoms with van der Waals surface area (Å²) in [7, 11) is -3.96. The van der Waals surface area contributed by atoms with E-state index in [2.05, 4.69) is 9.32 Å². The van der Waals surface area contributed by atoms with Crippen LogP contribution in [0.3, 0.4) is 0 Å². The van der Waals surface area contributed by atoms with Gasteiger partial charge in [0.2, 0.25) is 0 Å². The molecular weight excluding hydrogens is 206 g/mol. The summed E-state index contributed by atoms with van der Waals surface area (Å²) in [6.07, 6.45) is 0.